The van der Waals surface area contributed by atoms with E-state index >= 15 is 0 Å². The summed E-state index contributed by atoms with van der Waals surface area (Å²) in [6, 6.07) is 8.49. The maximum atomic E-state index is 4.47. The Morgan fingerprint density at radius 3 is 2.79 bits per heavy atom. The number of oxazole rings is 1. The second-order valence-electron chi connectivity index (χ2n) is 2.98. The van der Waals surface area contributed by atoms with E-state index in [2.05, 4.69) is 45.8 Å². The number of rotatable bonds is 0. The number of fused-ring (bicyclic) bond motifs is 1. The van der Waals surface area contributed by atoms with E-state index in [0.29, 0.717) is 0 Å². The van der Waals surface area contributed by atoms with Crippen LogP contribution in [0, 0.1) is 0 Å². The fraction of sp³-hybridized carbons (Fsp3) is 0.0833. The number of benzene rings is 1. The molecule has 2 heteroatoms. The average Bonchev–Trinajstić information content (AvgIpc) is 2.92. The van der Waals surface area contributed by atoms with E-state index in [1.165, 1.54) is 23.8 Å². The van der Waals surface area contributed by atoms with Crippen molar-refractivity contribution in [2.24, 2.45) is 0 Å². The Bertz CT molecular complexity index is 387. The molecule has 0 saturated carbocycles. The Morgan fingerprint density at radius 1 is 1.21 bits per heavy atom. The molecule has 1 heterocycles. The van der Waals surface area contributed by atoms with Gasteiger partial charge < -0.3 is 4.42 Å². The third-order valence-electron chi connectivity index (χ3n) is 2.04. The van der Waals surface area contributed by atoms with E-state index in [1.54, 1.807) is 6.20 Å². The first-order valence-corrected chi connectivity index (χ1v) is 4.53. The number of allylic oxidation sites excluding steroid dienone is 1. The predicted molar refractivity (Wildman–Crippen MR) is 55.7 cm³/mol. The van der Waals surface area contributed by atoms with E-state index in [0.717, 1.165) is 6.42 Å². The van der Waals surface area contributed by atoms with Gasteiger partial charge in [-0.25, -0.2) is 4.98 Å². The standard InChI is InChI=1S/C9H8.C3H3NO/c1-2-5-9-7-3-6-8(9)4-1;1-2-5-3-4-1/h1-6H,7H2;1-3H. The highest BCUT2D eigenvalue weighted by Crippen LogP contribution is 2.17. The van der Waals surface area contributed by atoms with Crippen molar-refractivity contribution in [2.45, 2.75) is 6.42 Å². The SMILES string of the molecule is C1=Cc2ccccc2C1.c1cocn1. The Kier molecular flexibility index (Phi) is 2.76. The van der Waals surface area contributed by atoms with Gasteiger partial charge >= 0.3 is 0 Å². The molecule has 0 N–H and O–H groups in total. The van der Waals surface area contributed by atoms with Crippen LogP contribution in [0.5, 0.6) is 0 Å². The van der Waals surface area contributed by atoms with Gasteiger partial charge in [0.25, 0.3) is 0 Å². The molecule has 2 nitrogen and oxygen atoms in total. The van der Waals surface area contributed by atoms with Crippen molar-refractivity contribution in [3.8, 4) is 0 Å². The molecule has 70 valence electrons. The van der Waals surface area contributed by atoms with E-state index in [9.17, 15) is 0 Å². The van der Waals surface area contributed by atoms with Crippen molar-refractivity contribution < 1.29 is 4.42 Å². The van der Waals surface area contributed by atoms with E-state index < -0.39 is 0 Å². The van der Waals surface area contributed by atoms with Crippen LogP contribution in [0.4, 0.5) is 0 Å². The number of hydrogen-bond donors (Lipinski definition) is 0. The van der Waals surface area contributed by atoms with E-state index in [4.69, 9.17) is 0 Å². The Balaban J connectivity index is 0.000000128. The molecule has 1 aliphatic rings. The molecular formula is C12H11NO. The molecule has 2 aromatic rings. The van der Waals surface area contributed by atoms with Crippen LogP contribution in [-0.2, 0) is 6.42 Å². The van der Waals surface area contributed by atoms with Crippen LogP contribution >= 0.6 is 0 Å². The molecule has 0 aliphatic heterocycles. The quantitative estimate of drug-likeness (QED) is 0.630. The molecule has 1 aromatic carbocycles. The Hall–Kier alpha value is -1.83. The van der Waals surface area contributed by atoms with Crippen LogP contribution in [0.3, 0.4) is 0 Å². The van der Waals surface area contributed by atoms with Gasteiger partial charge in [0.1, 0.15) is 6.26 Å². The molecule has 14 heavy (non-hydrogen) atoms. The van der Waals surface area contributed by atoms with E-state index in [-0.39, 0.29) is 0 Å². The maximum Gasteiger partial charge on any atom is 0.180 e. The summed E-state index contributed by atoms with van der Waals surface area (Å²) in [4.78, 5) is 3.56. The second kappa shape index (κ2) is 4.42. The summed E-state index contributed by atoms with van der Waals surface area (Å²) in [6.07, 6.45) is 9.97. The van der Waals surface area contributed by atoms with Gasteiger partial charge in [0, 0.05) is 0 Å². The molecule has 0 atom stereocenters. The van der Waals surface area contributed by atoms with Crippen LogP contribution in [0.2, 0.25) is 0 Å². The fourth-order valence-corrected chi connectivity index (χ4v) is 1.37. The molecule has 0 spiro atoms. The summed E-state index contributed by atoms with van der Waals surface area (Å²) in [6.45, 7) is 0. The third kappa shape index (κ3) is 2.10. The zero-order valence-corrected chi connectivity index (χ0v) is 7.76. The minimum Gasteiger partial charge on any atom is -0.452 e. The lowest BCUT2D eigenvalue weighted by Gasteiger charge is -1.93. The third-order valence-corrected chi connectivity index (χ3v) is 2.04. The molecule has 1 aliphatic carbocycles. The Labute approximate surface area is 82.9 Å². The molecule has 0 fully saturated rings. The fourth-order valence-electron chi connectivity index (χ4n) is 1.37. The lowest BCUT2D eigenvalue weighted by Crippen LogP contribution is -1.76. The van der Waals surface area contributed by atoms with Crippen molar-refractivity contribution in [1.82, 2.24) is 4.98 Å². The highest BCUT2D eigenvalue weighted by atomic mass is 16.3. The van der Waals surface area contributed by atoms with Crippen molar-refractivity contribution in [3.05, 3.63) is 60.3 Å². The van der Waals surface area contributed by atoms with Gasteiger partial charge in [-0.3, -0.25) is 0 Å². The van der Waals surface area contributed by atoms with Crippen molar-refractivity contribution in [1.29, 1.82) is 0 Å². The topological polar surface area (TPSA) is 26.0 Å². The van der Waals surface area contributed by atoms with Gasteiger partial charge in [0.05, 0.1) is 6.20 Å². The van der Waals surface area contributed by atoms with Gasteiger partial charge in [-0.05, 0) is 17.5 Å². The van der Waals surface area contributed by atoms with Gasteiger partial charge in [-0.1, -0.05) is 36.4 Å². The van der Waals surface area contributed by atoms with Gasteiger partial charge in [0.2, 0.25) is 0 Å². The molecule has 3 rings (SSSR count). The van der Waals surface area contributed by atoms with Gasteiger partial charge in [-0.2, -0.15) is 0 Å². The molecular weight excluding hydrogens is 174 g/mol. The number of aromatic nitrogens is 1. The summed E-state index contributed by atoms with van der Waals surface area (Å²) in [7, 11) is 0. The lowest BCUT2D eigenvalue weighted by atomic mass is 10.1. The minimum atomic E-state index is 1.12. The van der Waals surface area contributed by atoms with Crippen LogP contribution in [0.25, 0.3) is 6.08 Å². The summed E-state index contributed by atoms with van der Waals surface area (Å²) < 4.78 is 4.47. The van der Waals surface area contributed by atoms with Crippen molar-refractivity contribution >= 4 is 6.08 Å². The van der Waals surface area contributed by atoms with Crippen molar-refractivity contribution in [2.75, 3.05) is 0 Å². The lowest BCUT2D eigenvalue weighted by molar-refractivity contribution is 0.558. The van der Waals surface area contributed by atoms with Crippen LogP contribution in [0.15, 0.2) is 53.6 Å². The zero-order valence-electron chi connectivity index (χ0n) is 7.76. The first-order valence-electron chi connectivity index (χ1n) is 4.53. The summed E-state index contributed by atoms with van der Waals surface area (Å²) in [5.74, 6) is 0. The Morgan fingerprint density at radius 2 is 2.14 bits per heavy atom. The molecule has 0 saturated heterocycles. The van der Waals surface area contributed by atoms with Crippen LogP contribution in [0.1, 0.15) is 11.1 Å². The molecule has 1 aromatic heterocycles. The van der Waals surface area contributed by atoms with E-state index in [1.807, 2.05) is 0 Å². The molecule has 0 radical (unpaired) electrons. The van der Waals surface area contributed by atoms with Crippen LogP contribution in [-0.4, -0.2) is 4.98 Å². The minimum absolute atomic E-state index is 1.12. The number of nitrogens with zero attached hydrogens (tertiary/aromatic N) is 1. The van der Waals surface area contributed by atoms with Crippen LogP contribution < -0.4 is 0 Å². The van der Waals surface area contributed by atoms with Gasteiger partial charge in [-0.15, -0.1) is 0 Å². The molecule has 0 unspecified atom stereocenters. The molecule has 0 bridgehead atoms. The monoisotopic (exact) mass is 185 g/mol. The first kappa shape index (κ1) is 8.75. The van der Waals surface area contributed by atoms with Crippen molar-refractivity contribution in [3.63, 3.8) is 0 Å². The zero-order chi connectivity index (χ0) is 9.64. The molecule has 0 amide bonds. The first-order chi connectivity index (χ1) is 6.97. The number of hydrogen-bond acceptors (Lipinski definition) is 2. The summed E-state index contributed by atoms with van der Waals surface area (Å²) in [5.41, 5.74) is 2.84. The summed E-state index contributed by atoms with van der Waals surface area (Å²) in [5, 5.41) is 0. The normalized spacial score (nSPS) is 11.7. The highest BCUT2D eigenvalue weighted by Gasteiger charge is 2.00. The van der Waals surface area contributed by atoms with Gasteiger partial charge in [0.15, 0.2) is 6.39 Å². The summed E-state index contributed by atoms with van der Waals surface area (Å²) >= 11 is 0. The highest BCUT2D eigenvalue weighted by molar-refractivity contribution is 5.59. The smallest absolute Gasteiger partial charge is 0.180 e. The average molecular weight is 185 g/mol. The predicted octanol–water partition coefficient (Wildman–Crippen LogP) is 2.93. The largest absolute Gasteiger partial charge is 0.452 e. The maximum absolute atomic E-state index is 4.47. The second-order valence-corrected chi connectivity index (χ2v) is 2.98.